The van der Waals surface area contributed by atoms with Gasteiger partial charge in [0, 0.05) is 5.41 Å². The predicted molar refractivity (Wildman–Crippen MR) is 131 cm³/mol. The molecule has 0 heterocycles. The minimum atomic E-state index is -0.592. The van der Waals surface area contributed by atoms with Crippen LogP contribution in [0.1, 0.15) is 123 Å². The molecule has 0 aliphatic rings. The maximum atomic E-state index is 11.6. The van der Waals surface area contributed by atoms with E-state index >= 15 is 0 Å². The lowest BCUT2D eigenvalue weighted by molar-refractivity contribution is -0.164. The van der Waals surface area contributed by atoms with Crippen LogP contribution in [0.5, 0.6) is 0 Å². The molecular formula is C27H56O3. The van der Waals surface area contributed by atoms with Crippen LogP contribution >= 0.6 is 0 Å². The van der Waals surface area contributed by atoms with Crippen molar-refractivity contribution in [3.63, 3.8) is 0 Å². The van der Waals surface area contributed by atoms with Gasteiger partial charge in [0.05, 0.1) is 18.3 Å². The van der Waals surface area contributed by atoms with E-state index in [0.717, 1.165) is 19.3 Å². The van der Waals surface area contributed by atoms with Gasteiger partial charge in [-0.25, -0.2) is 0 Å². The van der Waals surface area contributed by atoms with Crippen molar-refractivity contribution in [2.45, 2.75) is 141 Å². The smallest absolute Gasteiger partial charge is 0.0647 e. The molecule has 0 aliphatic heterocycles. The summed E-state index contributed by atoms with van der Waals surface area (Å²) < 4.78 is 0. The highest BCUT2D eigenvalue weighted by molar-refractivity contribution is 5.04. The molecule has 0 radical (unpaired) electrons. The van der Waals surface area contributed by atoms with Gasteiger partial charge < -0.3 is 15.3 Å². The van der Waals surface area contributed by atoms with Gasteiger partial charge in [0.1, 0.15) is 0 Å². The molecule has 30 heavy (non-hydrogen) atoms. The molecule has 0 aromatic heterocycles. The Hall–Kier alpha value is -0.120. The van der Waals surface area contributed by atoms with Crippen LogP contribution in [0.2, 0.25) is 0 Å². The monoisotopic (exact) mass is 428 g/mol. The van der Waals surface area contributed by atoms with Crippen LogP contribution in [-0.4, -0.2) is 33.6 Å². The third-order valence-electron chi connectivity index (χ3n) is 9.08. The standard InChI is InChI=1S/C27H56O3/c1-15-26(13,24(9,10)19(28)17-22(3,4)5)18-20(29)25(11,12)27(14,16-2)21(30)23(6,7)8/h19-21,28-30H,15-18H2,1-14H3. The van der Waals surface area contributed by atoms with E-state index in [1.807, 2.05) is 0 Å². The zero-order valence-corrected chi connectivity index (χ0v) is 22.9. The fourth-order valence-corrected chi connectivity index (χ4v) is 5.12. The Kier molecular flexibility index (Phi) is 9.36. The van der Waals surface area contributed by atoms with E-state index in [-0.39, 0.29) is 21.7 Å². The average molecular weight is 429 g/mol. The maximum Gasteiger partial charge on any atom is 0.0647 e. The van der Waals surface area contributed by atoms with Gasteiger partial charge >= 0.3 is 0 Å². The van der Waals surface area contributed by atoms with Gasteiger partial charge in [-0.1, -0.05) is 103 Å². The zero-order chi connectivity index (χ0) is 24.6. The second kappa shape index (κ2) is 9.40. The van der Waals surface area contributed by atoms with Crippen LogP contribution in [0.15, 0.2) is 0 Å². The lowest BCUT2D eigenvalue weighted by Crippen LogP contribution is -2.56. The first-order valence-corrected chi connectivity index (χ1v) is 12.1. The first kappa shape index (κ1) is 29.9. The van der Waals surface area contributed by atoms with Gasteiger partial charge in [-0.2, -0.15) is 0 Å². The first-order valence-electron chi connectivity index (χ1n) is 12.1. The molecule has 0 saturated heterocycles. The number of rotatable bonds is 10. The third kappa shape index (κ3) is 6.01. The number of aliphatic hydroxyl groups is 3. The molecule has 182 valence electrons. The average Bonchev–Trinajstić information content (AvgIpc) is 2.57. The minimum Gasteiger partial charge on any atom is -0.393 e. The molecule has 3 heteroatoms. The van der Waals surface area contributed by atoms with Gasteiger partial charge in [-0.05, 0) is 46.3 Å². The van der Waals surface area contributed by atoms with Gasteiger partial charge in [-0.15, -0.1) is 0 Å². The van der Waals surface area contributed by atoms with Crippen LogP contribution in [0, 0.1) is 32.5 Å². The Bertz CT molecular complexity index is 537. The van der Waals surface area contributed by atoms with E-state index in [2.05, 4.69) is 96.9 Å². The molecule has 3 nitrogen and oxygen atoms in total. The topological polar surface area (TPSA) is 60.7 Å². The van der Waals surface area contributed by atoms with Crippen LogP contribution in [0.4, 0.5) is 0 Å². The van der Waals surface area contributed by atoms with E-state index < -0.39 is 29.1 Å². The van der Waals surface area contributed by atoms with Crippen molar-refractivity contribution in [1.29, 1.82) is 0 Å². The SMILES string of the molecule is CCC(C)(CC(O)C(C)(C)C(C)(CC)C(O)C(C)(C)C)C(C)(C)C(O)CC(C)(C)C. The highest BCUT2D eigenvalue weighted by atomic mass is 16.3. The summed E-state index contributed by atoms with van der Waals surface area (Å²) in [5, 5.41) is 34.1. The lowest BCUT2D eigenvalue weighted by atomic mass is 9.51. The molecule has 5 unspecified atom stereocenters. The molecule has 0 fully saturated rings. The molecule has 0 aromatic rings. The van der Waals surface area contributed by atoms with Gasteiger partial charge in [0.15, 0.2) is 0 Å². The van der Waals surface area contributed by atoms with E-state index in [9.17, 15) is 15.3 Å². The van der Waals surface area contributed by atoms with Gasteiger partial charge in [-0.3, -0.25) is 0 Å². The van der Waals surface area contributed by atoms with E-state index in [4.69, 9.17) is 0 Å². The summed E-state index contributed by atoms with van der Waals surface area (Å²) in [6, 6.07) is 0. The van der Waals surface area contributed by atoms with Crippen molar-refractivity contribution < 1.29 is 15.3 Å². The minimum absolute atomic E-state index is 0.0425. The number of hydrogen-bond donors (Lipinski definition) is 3. The molecule has 0 bridgehead atoms. The van der Waals surface area contributed by atoms with Crippen LogP contribution in [0.3, 0.4) is 0 Å². The molecule has 0 spiro atoms. The quantitative estimate of drug-likeness (QED) is 0.357. The Labute approximate surface area is 189 Å². The summed E-state index contributed by atoms with van der Waals surface area (Å²) in [6.07, 6.45) is 1.41. The normalized spacial score (nSPS) is 21.5. The van der Waals surface area contributed by atoms with E-state index in [1.165, 1.54) is 0 Å². The number of hydrogen-bond acceptors (Lipinski definition) is 3. The molecule has 0 aromatic carbocycles. The van der Waals surface area contributed by atoms with Crippen molar-refractivity contribution in [2.24, 2.45) is 32.5 Å². The second-order valence-electron chi connectivity index (χ2n) is 13.9. The predicted octanol–water partition coefficient (Wildman–Crippen LogP) is 6.83. The summed E-state index contributed by atoms with van der Waals surface area (Å²) in [6.45, 7) is 29.8. The fraction of sp³-hybridized carbons (Fsp3) is 1.00. The summed E-state index contributed by atoms with van der Waals surface area (Å²) in [7, 11) is 0. The molecule has 3 N–H and O–H groups in total. The summed E-state index contributed by atoms with van der Waals surface area (Å²) in [5.41, 5.74) is -1.74. The Morgan fingerprint density at radius 1 is 0.567 bits per heavy atom. The highest BCUT2D eigenvalue weighted by Gasteiger charge is 2.55. The van der Waals surface area contributed by atoms with E-state index in [1.54, 1.807) is 0 Å². The van der Waals surface area contributed by atoms with Crippen LogP contribution < -0.4 is 0 Å². The second-order valence-corrected chi connectivity index (χ2v) is 13.9. The van der Waals surface area contributed by atoms with Crippen molar-refractivity contribution in [1.82, 2.24) is 0 Å². The fourth-order valence-electron chi connectivity index (χ4n) is 5.12. The molecule has 5 atom stereocenters. The highest BCUT2D eigenvalue weighted by Crippen LogP contribution is 2.56. The van der Waals surface area contributed by atoms with Gasteiger partial charge in [0.25, 0.3) is 0 Å². The zero-order valence-electron chi connectivity index (χ0n) is 22.9. The molecular weight excluding hydrogens is 372 g/mol. The van der Waals surface area contributed by atoms with Crippen molar-refractivity contribution in [3.8, 4) is 0 Å². The summed E-state index contributed by atoms with van der Waals surface area (Å²) in [4.78, 5) is 0. The van der Waals surface area contributed by atoms with Crippen LogP contribution in [0.25, 0.3) is 0 Å². The third-order valence-corrected chi connectivity index (χ3v) is 9.08. The van der Waals surface area contributed by atoms with Crippen molar-refractivity contribution in [3.05, 3.63) is 0 Å². The molecule has 0 rings (SSSR count). The number of aliphatic hydroxyl groups excluding tert-OH is 3. The largest absolute Gasteiger partial charge is 0.393 e. The lowest BCUT2D eigenvalue weighted by Gasteiger charge is -2.56. The summed E-state index contributed by atoms with van der Waals surface area (Å²) in [5.74, 6) is 0. The first-order chi connectivity index (χ1) is 13.0. The molecule has 0 aliphatic carbocycles. The Balaban J connectivity index is 6.02. The maximum absolute atomic E-state index is 11.6. The van der Waals surface area contributed by atoms with Crippen molar-refractivity contribution in [2.75, 3.05) is 0 Å². The molecule has 0 saturated carbocycles. The Morgan fingerprint density at radius 2 is 0.967 bits per heavy atom. The Morgan fingerprint density at radius 3 is 1.27 bits per heavy atom. The van der Waals surface area contributed by atoms with Gasteiger partial charge in [0.2, 0.25) is 0 Å². The van der Waals surface area contributed by atoms with Crippen LogP contribution in [-0.2, 0) is 0 Å². The summed E-state index contributed by atoms with van der Waals surface area (Å²) >= 11 is 0. The van der Waals surface area contributed by atoms with E-state index in [0.29, 0.717) is 6.42 Å². The van der Waals surface area contributed by atoms with Crippen molar-refractivity contribution >= 4 is 0 Å². The molecule has 0 amide bonds.